The Balaban J connectivity index is 1.36. The van der Waals surface area contributed by atoms with E-state index in [0.717, 1.165) is 16.5 Å². The van der Waals surface area contributed by atoms with Crippen LogP contribution < -0.4 is 9.47 Å². The van der Waals surface area contributed by atoms with Crippen LogP contribution in [0.25, 0.3) is 10.9 Å². The summed E-state index contributed by atoms with van der Waals surface area (Å²) in [7, 11) is 0. The highest BCUT2D eigenvalue weighted by molar-refractivity contribution is 5.95. The maximum Gasteiger partial charge on any atom is 0.355 e. The van der Waals surface area contributed by atoms with Crippen LogP contribution in [-0.2, 0) is 16.1 Å². The van der Waals surface area contributed by atoms with Crippen molar-refractivity contribution >= 4 is 22.8 Å². The van der Waals surface area contributed by atoms with Gasteiger partial charge in [0, 0.05) is 24.0 Å². The second kappa shape index (κ2) is 8.26. The van der Waals surface area contributed by atoms with Crippen LogP contribution >= 0.6 is 0 Å². The molecule has 1 N–H and O–H groups in total. The predicted octanol–water partition coefficient (Wildman–Crippen LogP) is 3.14. The van der Waals surface area contributed by atoms with E-state index in [1.807, 2.05) is 49.4 Å². The molecule has 1 aromatic heterocycles. The van der Waals surface area contributed by atoms with E-state index in [-0.39, 0.29) is 12.5 Å². The van der Waals surface area contributed by atoms with Crippen LogP contribution in [0, 0.1) is 0 Å². The van der Waals surface area contributed by atoms with Gasteiger partial charge in [-0.15, -0.1) is 0 Å². The van der Waals surface area contributed by atoms with E-state index in [1.54, 1.807) is 11.0 Å². The standard InChI is InChI=1S/C22H22N2O5/c1-2-24(13-15-7-8-19-20(11-15)28-10-9-27-19)21(25)14-29-22(26)18-12-16-5-3-4-6-17(16)23-18/h3-8,11-12,23H,2,9-10,13-14H2,1H3. The summed E-state index contributed by atoms with van der Waals surface area (Å²) in [5.41, 5.74) is 2.10. The number of H-pyrrole nitrogens is 1. The summed E-state index contributed by atoms with van der Waals surface area (Å²) in [6.45, 7) is 3.51. The molecule has 0 unspecified atom stereocenters. The third kappa shape index (κ3) is 4.18. The Kier molecular flexibility index (Phi) is 5.37. The molecular formula is C22H22N2O5. The average molecular weight is 394 g/mol. The molecule has 0 saturated carbocycles. The predicted molar refractivity (Wildman–Crippen MR) is 107 cm³/mol. The van der Waals surface area contributed by atoms with Crippen molar-refractivity contribution in [1.82, 2.24) is 9.88 Å². The van der Waals surface area contributed by atoms with Gasteiger partial charge in [0.15, 0.2) is 18.1 Å². The zero-order valence-electron chi connectivity index (χ0n) is 16.1. The van der Waals surface area contributed by atoms with E-state index in [4.69, 9.17) is 14.2 Å². The third-order valence-electron chi connectivity index (χ3n) is 4.79. The highest BCUT2D eigenvalue weighted by Crippen LogP contribution is 2.31. The van der Waals surface area contributed by atoms with Crippen LogP contribution in [0.4, 0.5) is 0 Å². The van der Waals surface area contributed by atoms with Gasteiger partial charge in [-0.1, -0.05) is 24.3 Å². The van der Waals surface area contributed by atoms with Gasteiger partial charge in [0.05, 0.1) is 0 Å². The molecule has 0 aliphatic carbocycles. The fourth-order valence-corrected chi connectivity index (χ4v) is 3.26. The largest absolute Gasteiger partial charge is 0.486 e. The minimum Gasteiger partial charge on any atom is -0.486 e. The number of nitrogens with zero attached hydrogens (tertiary/aromatic N) is 1. The van der Waals surface area contributed by atoms with Gasteiger partial charge in [-0.25, -0.2) is 4.79 Å². The first-order chi connectivity index (χ1) is 14.1. The number of hydrogen-bond donors (Lipinski definition) is 1. The smallest absolute Gasteiger partial charge is 0.355 e. The molecule has 1 aliphatic rings. The number of aromatic nitrogens is 1. The van der Waals surface area contributed by atoms with E-state index in [9.17, 15) is 9.59 Å². The Morgan fingerprint density at radius 3 is 2.66 bits per heavy atom. The molecule has 0 saturated heterocycles. The first kappa shape index (κ1) is 18.9. The lowest BCUT2D eigenvalue weighted by atomic mass is 10.1. The zero-order valence-corrected chi connectivity index (χ0v) is 16.1. The van der Waals surface area contributed by atoms with Crippen LogP contribution in [0.3, 0.4) is 0 Å². The minimum atomic E-state index is -0.551. The first-order valence-corrected chi connectivity index (χ1v) is 9.55. The third-order valence-corrected chi connectivity index (χ3v) is 4.79. The highest BCUT2D eigenvalue weighted by atomic mass is 16.6. The van der Waals surface area contributed by atoms with Crippen molar-refractivity contribution in [3.05, 3.63) is 59.8 Å². The van der Waals surface area contributed by atoms with Crippen LogP contribution in [0.1, 0.15) is 23.0 Å². The normalized spacial score (nSPS) is 12.6. The second-order valence-corrected chi connectivity index (χ2v) is 6.73. The SMILES string of the molecule is CCN(Cc1ccc2c(c1)OCCO2)C(=O)COC(=O)c1cc2ccccc2[nH]1. The number of hydrogen-bond acceptors (Lipinski definition) is 5. The Morgan fingerprint density at radius 2 is 1.86 bits per heavy atom. The molecule has 3 aromatic rings. The summed E-state index contributed by atoms with van der Waals surface area (Å²) in [6, 6.07) is 14.9. The number of likely N-dealkylation sites (N-methyl/N-ethyl adjacent to an activating group) is 1. The van der Waals surface area contributed by atoms with Crippen molar-refractivity contribution in [3.8, 4) is 11.5 Å². The summed E-state index contributed by atoms with van der Waals surface area (Å²) in [5.74, 6) is 0.584. The van der Waals surface area contributed by atoms with Gasteiger partial charge in [0.1, 0.15) is 18.9 Å². The number of para-hydroxylation sites is 1. The highest BCUT2D eigenvalue weighted by Gasteiger charge is 2.18. The number of benzene rings is 2. The molecule has 2 aromatic carbocycles. The molecule has 0 atom stereocenters. The van der Waals surface area contributed by atoms with E-state index in [1.165, 1.54) is 0 Å². The lowest BCUT2D eigenvalue weighted by Crippen LogP contribution is -2.34. The molecule has 150 valence electrons. The van der Waals surface area contributed by atoms with Crippen molar-refractivity contribution in [2.24, 2.45) is 0 Å². The van der Waals surface area contributed by atoms with Crippen molar-refractivity contribution in [2.45, 2.75) is 13.5 Å². The van der Waals surface area contributed by atoms with E-state index in [2.05, 4.69) is 4.98 Å². The topological polar surface area (TPSA) is 80.9 Å². The minimum absolute atomic E-state index is 0.258. The average Bonchev–Trinajstić information content (AvgIpc) is 3.20. The fourth-order valence-electron chi connectivity index (χ4n) is 3.26. The number of amides is 1. The molecule has 1 amide bonds. The maximum absolute atomic E-state index is 12.6. The molecule has 1 aliphatic heterocycles. The Hall–Kier alpha value is -3.48. The van der Waals surface area contributed by atoms with Crippen LogP contribution in [-0.4, -0.2) is 48.1 Å². The lowest BCUT2D eigenvalue weighted by Gasteiger charge is -2.23. The van der Waals surface area contributed by atoms with E-state index < -0.39 is 5.97 Å². The van der Waals surface area contributed by atoms with E-state index in [0.29, 0.717) is 43.5 Å². The summed E-state index contributed by atoms with van der Waals surface area (Å²) < 4.78 is 16.3. The Labute approximate surface area is 168 Å². The quantitative estimate of drug-likeness (QED) is 0.650. The molecular weight excluding hydrogens is 372 g/mol. The van der Waals surface area contributed by atoms with Gasteiger partial charge < -0.3 is 24.1 Å². The number of esters is 1. The fraction of sp³-hybridized carbons (Fsp3) is 0.273. The van der Waals surface area contributed by atoms with Crippen molar-refractivity contribution < 1.29 is 23.8 Å². The summed E-state index contributed by atoms with van der Waals surface area (Å²) >= 11 is 0. The van der Waals surface area contributed by atoms with Gasteiger partial charge in [-0.3, -0.25) is 4.79 Å². The van der Waals surface area contributed by atoms with Crippen LogP contribution in [0.2, 0.25) is 0 Å². The molecule has 7 heteroatoms. The number of carbonyl (C=O) groups is 2. The first-order valence-electron chi connectivity index (χ1n) is 9.55. The summed E-state index contributed by atoms with van der Waals surface area (Å²) in [4.78, 5) is 29.5. The molecule has 7 nitrogen and oxygen atoms in total. The number of fused-ring (bicyclic) bond motifs is 2. The second-order valence-electron chi connectivity index (χ2n) is 6.73. The number of nitrogens with one attached hydrogen (secondary N) is 1. The molecule has 0 fully saturated rings. The number of ether oxygens (including phenoxy) is 3. The maximum atomic E-state index is 12.6. The van der Waals surface area contributed by atoms with E-state index >= 15 is 0 Å². The van der Waals surface area contributed by atoms with Gasteiger partial charge >= 0.3 is 5.97 Å². The van der Waals surface area contributed by atoms with Gasteiger partial charge in [-0.05, 0) is 36.8 Å². The molecule has 0 spiro atoms. The monoisotopic (exact) mass is 394 g/mol. The molecule has 0 bridgehead atoms. The van der Waals surface area contributed by atoms with Crippen LogP contribution in [0.5, 0.6) is 11.5 Å². The molecule has 29 heavy (non-hydrogen) atoms. The van der Waals surface area contributed by atoms with Gasteiger partial charge in [0.25, 0.3) is 5.91 Å². The van der Waals surface area contributed by atoms with Crippen molar-refractivity contribution in [3.63, 3.8) is 0 Å². The lowest BCUT2D eigenvalue weighted by molar-refractivity contribution is -0.134. The Bertz CT molecular complexity index is 1010. The molecule has 4 rings (SSSR count). The van der Waals surface area contributed by atoms with Gasteiger partial charge in [-0.2, -0.15) is 0 Å². The van der Waals surface area contributed by atoms with Crippen LogP contribution in [0.15, 0.2) is 48.5 Å². The number of aromatic amines is 1. The molecule has 2 heterocycles. The van der Waals surface area contributed by atoms with Crippen molar-refractivity contribution in [2.75, 3.05) is 26.4 Å². The molecule has 0 radical (unpaired) electrons. The number of carbonyl (C=O) groups excluding carboxylic acids is 2. The number of rotatable bonds is 6. The summed E-state index contributed by atoms with van der Waals surface area (Å²) in [6.07, 6.45) is 0. The summed E-state index contributed by atoms with van der Waals surface area (Å²) in [5, 5.41) is 0.916. The Morgan fingerprint density at radius 1 is 1.07 bits per heavy atom. The van der Waals surface area contributed by atoms with Gasteiger partial charge in [0.2, 0.25) is 0 Å². The van der Waals surface area contributed by atoms with Crippen molar-refractivity contribution in [1.29, 1.82) is 0 Å². The zero-order chi connectivity index (χ0) is 20.2.